The summed E-state index contributed by atoms with van der Waals surface area (Å²) in [6.07, 6.45) is -2.69. The van der Waals surface area contributed by atoms with Gasteiger partial charge in [0.05, 0.1) is 5.56 Å². The van der Waals surface area contributed by atoms with Gasteiger partial charge in [0.1, 0.15) is 5.76 Å². The molecule has 0 saturated heterocycles. The molecule has 0 aromatic carbocycles. The molecule has 3 nitrogen and oxygen atoms in total. The predicted molar refractivity (Wildman–Crippen MR) is 35.4 cm³/mol. The summed E-state index contributed by atoms with van der Waals surface area (Å²) in [5.74, 6) is -1.85. The summed E-state index contributed by atoms with van der Waals surface area (Å²) in [4.78, 5) is 10.3. The number of carboxylic acid groups (broad SMARTS) is 1. The first-order valence-electron chi connectivity index (χ1n) is 3.14. The number of carbonyl (C=O) groups is 1. The summed E-state index contributed by atoms with van der Waals surface area (Å²) in [7, 11) is 0. The first kappa shape index (κ1) is 8.70. The normalized spacial score (nSPS) is 10.7. The Morgan fingerprint density at radius 1 is 1.67 bits per heavy atom. The molecule has 0 fully saturated rings. The van der Waals surface area contributed by atoms with E-state index in [0.29, 0.717) is 0 Å². The van der Waals surface area contributed by atoms with Crippen molar-refractivity contribution in [2.24, 2.45) is 0 Å². The van der Waals surface area contributed by atoms with E-state index in [1.165, 1.54) is 6.92 Å². The van der Waals surface area contributed by atoms with Crippen LogP contribution in [0.4, 0.5) is 8.78 Å². The molecule has 0 aliphatic heterocycles. The summed E-state index contributed by atoms with van der Waals surface area (Å²) in [5, 5.41) is 8.37. The van der Waals surface area contributed by atoms with Gasteiger partial charge in [-0.1, -0.05) is 0 Å². The highest BCUT2D eigenvalue weighted by molar-refractivity contribution is 5.84. The van der Waals surface area contributed by atoms with Crippen molar-refractivity contribution >= 4 is 5.97 Å². The predicted octanol–water partition coefficient (Wildman–Crippen LogP) is 2.22. The van der Waals surface area contributed by atoms with Gasteiger partial charge >= 0.3 is 5.97 Å². The SMILES string of the molecule is Cc1oc(C(=O)O)cc1C(F)F. The lowest BCUT2D eigenvalue weighted by Crippen LogP contribution is -1.91. The third-order valence-electron chi connectivity index (χ3n) is 1.40. The van der Waals surface area contributed by atoms with E-state index < -0.39 is 18.2 Å². The van der Waals surface area contributed by atoms with E-state index in [1.807, 2.05) is 0 Å². The van der Waals surface area contributed by atoms with Crippen LogP contribution < -0.4 is 0 Å². The van der Waals surface area contributed by atoms with E-state index in [1.54, 1.807) is 0 Å². The molecule has 0 spiro atoms. The number of hydrogen-bond donors (Lipinski definition) is 1. The summed E-state index contributed by atoms with van der Waals surface area (Å²) in [6.45, 7) is 1.30. The molecule has 0 saturated carbocycles. The van der Waals surface area contributed by atoms with Crippen molar-refractivity contribution < 1.29 is 23.1 Å². The molecular weight excluding hydrogens is 170 g/mol. The molecule has 1 N–H and O–H groups in total. The monoisotopic (exact) mass is 176 g/mol. The number of aryl methyl sites for hydroxylation is 1. The van der Waals surface area contributed by atoms with Crippen molar-refractivity contribution in [2.75, 3.05) is 0 Å². The van der Waals surface area contributed by atoms with Gasteiger partial charge in [-0.3, -0.25) is 0 Å². The Kier molecular flexibility index (Phi) is 2.12. The van der Waals surface area contributed by atoms with Crippen molar-refractivity contribution in [1.29, 1.82) is 0 Å². The fourth-order valence-corrected chi connectivity index (χ4v) is 0.818. The summed E-state index contributed by atoms with van der Waals surface area (Å²) < 4.78 is 28.7. The second-order valence-corrected chi connectivity index (χ2v) is 2.23. The second-order valence-electron chi connectivity index (χ2n) is 2.23. The summed E-state index contributed by atoms with van der Waals surface area (Å²) >= 11 is 0. The zero-order valence-corrected chi connectivity index (χ0v) is 6.17. The van der Waals surface area contributed by atoms with Crippen molar-refractivity contribution in [1.82, 2.24) is 0 Å². The number of aromatic carboxylic acids is 1. The maximum Gasteiger partial charge on any atom is 0.371 e. The Hall–Kier alpha value is -1.39. The third-order valence-corrected chi connectivity index (χ3v) is 1.40. The van der Waals surface area contributed by atoms with Crippen molar-refractivity contribution in [2.45, 2.75) is 13.3 Å². The molecule has 1 rings (SSSR count). The lowest BCUT2D eigenvalue weighted by atomic mass is 10.2. The van der Waals surface area contributed by atoms with Gasteiger partial charge in [0, 0.05) is 6.07 Å². The minimum atomic E-state index is -2.69. The highest BCUT2D eigenvalue weighted by atomic mass is 19.3. The van der Waals surface area contributed by atoms with Crippen LogP contribution in [0.3, 0.4) is 0 Å². The molecule has 0 atom stereocenters. The molecule has 12 heavy (non-hydrogen) atoms. The lowest BCUT2D eigenvalue weighted by molar-refractivity contribution is 0.0661. The minimum Gasteiger partial charge on any atom is -0.475 e. The Morgan fingerprint density at radius 2 is 2.25 bits per heavy atom. The number of furan rings is 1. The maximum absolute atomic E-state index is 12.1. The van der Waals surface area contributed by atoms with E-state index in [-0.39, 0.29) is 11.3 Å². The van der Waals surface area contributed by atoms with Gasteiger partial charge in [-0.15, -0.1) is 0 Å². The quantitative estimate of drug-likeness (QED) is 0.751. The van der Waals surface area contributed by atoms with Crippen LogP contribution in [0.5, 0.6) is 0 Å². The Morgan fingerprint density at radius 3 is 2.50 bits per heavy atom. The van der Waals surface area contributed by atoms with Gasteiger partial charge in [-0.25, -0.2) is 13.6 Å². The second kappa shape index (κ2) is 2.92. The molecule has 0 amide bonds. The highest BCUT2D eigenvalue weighted by Gasteiger charge is 2.18. The molecule has 1 aromatic rings. The van der Waals surface area contributed by atoms with Gasteiger partial charge in [0.25, 0.3) is 6.43 Å². The van der Waals surface area contributed by atoms with Gasteiger partial charge in [0.15, 0.2) is 0 Å². The fourth-order valence-electron chi connectivity index (χ4n) is 0.818. The number of alkyl halides is 2. The standard InChI is InChI=1S/C7H6F2O3/c1-3-4(6(8)9)2-5(12-3)7(10)11/h2,6H,1H3,(H,10,11). The largest absolute Gasteiger partial charge is 0.475 e. The van der Waals surface area contributed by atoms with Crippen LogP contribution in [0.1, 0.15) is 28.3 Å². The van der Waals surface area contributed by atoms with E-state index >= 15 is 0 Å². The molecule has 0 aliphatic carbocycles. The average molecular weight is 176 g/mol. The third kappa shape index (κ3) is 1.44. The molecule has 66 valence electrons. The van der Waals surface area contributed by atoms with Crippen LogP contribution in [-0.2, 0) is 0 Å². The zero-order chi connectivity index (χ0) is 9.30. The Bertz CT molecular complexity index is 304. The highest BCUT2D eigenvalue weighted by Crippen LogP contribution is 2.25. The van der Waals surface area contributed by atoms with Crippen LogP contribution in [-0.4, -0.2) is 11.1 Å². The molecule has 0 aliphatic rings. The number of carboxylic acids is 1. The summed E-state index contributed by atoms with van der Waals surface area (Å²) in [6, 6.07) is 0.836. The first-order chi connectivity index (χ1) is 5.52. The van der Waals surface area contributed by atoms with Crippen LogP contribution in [0.25, 0.3) is 0 Å². The molecule has 0 unspecified atom stereocenters. The number of hydrogen-bond acceptors (Lipinski definition) is 2. The van der Waals surface area contributed by atoms with Crippen LogP contribution in [0, 0.1) is 6.92 Å². The Balaban J connectivity index is 3.09. The first-order valence-corrected chi connectivity index (χ1v) is 3.14. The molecule has 5 heteroatoms. The van der Waals surface area contributed by atoms with Gasteiger partial charge < -0.3 is 9.52 Å². The van der Waals surface area contributed by atoms with Gasteiger partial charge in [0.2, 0.25) is 5.76 Å². The average Bonchev–Trinajstić information content (AvgIpc) is 2.30. The minimum absolute atomic E-state index is 0.0533. The van der Waals surface area contributed by atoms with E-state index in [0.717, 1.165) is 6.07 Å². The van der Waals surface area contributed by atoms with Crippen molar-refractivity contribution in [3.05, 3.63) is 23.2 Å². The van der Waals surface area contributed by atoms with Crippen molar-refractivity contribution in [3.63, 3.8) is 0 Å². The molecule has 0 radical (unpaired) electrons. The van der Waals surface area contributed by atoms with Gasteiger partial charge in [-0.2, -0.15) is 0 Å². The van der Waals surface area contributed by atoms with E-state index in [2.05, 4.69) is 4.42 Å². The topological polar surface area (TPSA) is 50.4 Å². The van der Waals surface area contributed by atoms with Crippen LogP contribution in [0.2, 0.25) is 0 Å². The molecule has 1 aromatic heterocycles. The molecular formula is C7H6F2O3. The van der Waals surface area contributed by atoms with Gasteiger partial charge in [-0.05, 0) is 6.92 Å². The fraction of sp³-hybridized carbons (Fsp3) is 0.286. The number of rotatable bonds is 2. The van der Waals surface area contributed by atoms with Crippen LogP contribution >= 0.6 is 0 Å². The lowest BCUT2D eigenvalue weighted by Gasteiger charge is -1.91. The van der Waals surface area contributed by atoms with E-state index in [9.17, 15) is 13.6 Å². The smallest absolute Gasteiger partial charge is 0.371 e. The van der Waals surface area contributed by atoms with Crippen LogP contribution in [0.15, 0.2) is 10.5 Å². The Labute approximate surface area is 66.6 Å². The van der Waals surface area contributed by atoms with E-state index in [4.69, 9.17) is 5.11 Å². The van der Waals surface area contributed by atoms with Crippen molar-refractivity contribution in [3.8, 4) is 0 Å². The number of halogens is 2. The molecule has 1 heterocycles. The molecule has 0 bridgehead atoms. The maximum atomic E-state index is 12.1. The zero-order valence-electron chi connectivity index (χ0n) is 6.17. The summed E-state index contributed by atoms with van der Waals surface area (Å²) in [5.41, 5.74) is -0.368.